The molecule has 2 aromatic carbocycles. The molecule has 2 saturated heterocycles. The average molecular weight is 857 g/mol. The zero-order chi connectivity index (χ0) is 37.6. The van der Waals surface area contributed by atoms with Crippen LogP contribution in [0.5, 0.6) is 0 Å². The van der Waals surface area contributed by atoms with Gasteiger partial charge in [-0.15, -0.1) is 0 Å². The smallest absolute Gasteiger partial charge is 0.248 e. The first-order valence-corrected chi connectivity index (χ1v) is 18.3. The van der Waals surface area contributed by atoms with Gasteiger partial charge in [-0.25, -0.2) is 15.0 Å². The van der Waals surface area contributed by atoms with Crippen molar-refractivity contribution in [3.05, 3.63) is 71.4 Å². The number of likely N-dealkylation sites (tertiary alicyclic amines) is 2. The van der Waals surface area contributed by atoms with Crippen LogP contribution < -0.4 is 5.32 Å². The van der Waals surface area contributed by atoms with Crippen LogP contribution in [-0.2, 0) is 24.2 Å². The van der Waals surface area contributed by atoms with E-state index < -0.39 is 12.1 Å². The van der Waals surface area contributed by atoms with Crippen molar-refractivity contribution in [1.29, 1.82) is 0 Å². The molecule has 3 amide bonds. The number of hydrogen-bond donors (Lipinski definition) is 3. The largest absolute Gasteiger partial charge is 0.344 e. The normalized spacial score (nSPS) is 17.2. The highest BCUT2D eigenvalue weighted by Crippen LogP contribution is 2.34. The molecular weight excluding hydrogens is 801 g/mol. The number of H-pyrrole nitrogens is 2. The summed E-state index contributed by atoms with van der Waals surface area (Å²) in [7, 11) is 1.39. The van der Waals surface area contributed by atoms with Crippen LogP contribution in [0.25, 0.3) is 22.3 Å². The van der Waals surface area contributed by atoms with Crippen molar-refractivity contribution in [3.8, 4) is 23.1 Å². The van der Waals surface area contributed by atoms with Gasteiger partial charge < -0.3 is 30.0 Å². The summed E-state index contributed by atoms with van der Waals surface area (Å²) >= 11 is 0. The Labute approximate surface area is 362 Å². The monoisotopic (exact) mass is 856 g/mol. The van der Waals surface area contributed by atoms with Crippen molar-refractivity contribution < 1.29 is 24.2 Å². The number of rotatable bonds is 11. The predicted octanol–water partition coefficient (Wildman–Crippen LogP) is 5.92. The molecule has 2 fully saturated rings. The van der Waals surface area contributed by atoms with E-state index in [9.17, 15) is 14.4 Å². The Kier molecular flexibility index (Phi) is 19.1. The van der Waals surface area contributed by atoms with Gasteiger partial charge in [0.25, 0.3) is 0 Å². The van der Waals surface area contributed by atoms with E-state index >= 15 is 0 Å². The van der Waals surface area contributed by atoms with Crippen LogP contribution in [0.4, 0.5) is 0 Å². The molecule has 0 bridgehead atoms. The highest BCUT2D eigenvalue weighted by Gasteiger charge is 2.38. The molecule has 6 rings (SSSR count). The van der Waals surface area contributed by atoms with Gasteiger partial charge in [-0.05, 0) is 73.4 Å². The Balaban J connectivity index is 0.00000280. The minimum Gasteiger partial charge on any atom is -0.344 e. The van der Waals surface area contributed by atoms with Crippen LogP contribution in [-0.4, -0.2) is 86.1 Å². The maximum Gasteiger partial charge on any atom is 0.248 e. The molecule has 310 valence electrons. The van der Waals surface area contributed by atoms with E-state index in [1.807, 2.05) is 80.0 Å². The predicted molar refractivity (Wildman–Crippen MR) is 243 cm³/mol. The van der Waals surface area contributed by atoms with Gasteiger partial charge in [-0.3, -0.25) is 14.4 Å². The molecule has 2 aromatic heterocycles. The number of aliphatic imine (C=N–C) groups is 1. The van der Waals surface area contributed by atoms with Gasteiger partial charge in [0.2, 0.25) is 24.1 Å². The number of hydrogen-bond acceptors (Lipinski definition) is 8. The summed E-state index contributed by atoms with van der Waals surface area (Å²) < 4.78 is 0. The third-order valence-corrected chi connectivity index (χ3v) is 9.88. The zero-order valence-electron chi connectivity index (χ0n) is 33.2. The molecular formula is C40H56N8O5S4. The summed E-state index contributed by atoms with van der Waals surface area (Å²) in [5.41, 5.74) is 5.21. The summed E-state index contributed by atoms with van der Waals surface area (Å²) in [4.78, 5) is 72.5. The molecule has 3 N–H and O–H groups in total. The Hall–Kier alpha value is -4.08. The molecule has 57 heavy (non-hydrogen) atoms. The average Bonchev–Trinajstić information content (AvgIpc) is 3.96. The van der Waals surface area contributed by atoms with Gasteiger partial charge in [0.1, 0.15) is 23.7 Å². The second-order valence-corrected chi connectivity index (χ2v) is 14.4. The van der Waals surface area contributed by atoms with E-state index in [0.717, 1.165) is 70.7 Å². The number of fused-ring (bicyclic) bond motifs is 1. The molecule has 4 heterocycles. The van der Waals surface area contributed by atoms with Crippen molar-refractivity contribution in [2.75, 3.05) is 20.2 Å². The van der Waals surface area contributed by atoms with Crippen LogP contribution in [0.15, 0.2) is 53.7 Å². The number of aromatic nitrogens is 4. The molecule has 0 radical (unpaired) electrons. The fraction of sp³-hybridized carbons (Fsp3) is 0.450. The quantitative estimate of drug-likeness (QED) is 0.0556. The van der Waals surface area contributed by atoms with E-state index in [1.54, 1.807) is 6.20 Å². The molecule has 0 saturated carbocycles. The van der Waals surface area contributed by atoms with Crippen molar-refractivity contribution >= 4 is 89.1 Å². The highest BCUT2D eigenvalue weighted by molar-refractivity contribution is 7.59. The molecule has 13 nitrogen and oxygen atoms in total. The van der Waals surface area contributed by atoms with Gasteiger partial charge >= 0.3 is 0 Å². The third-order valence-electron chi connectivity index (χ3n) is 9.88. The number of nitrogens with one attached hydrogen (secondary N) is 3. The Bertz CT molecular complexity index is 2040. The Morgan fingerprint density at radius 2 is 1.47 bits per heavy atom. The van der Waals surface area contributed by atoms with Gasteiger partial charge in [0.15, 0.2) is 0 Å². The number of carbonyl (C=O) groups is 3. The minimum atomic E-state index is -0.580. The lowest BCUT2D eigenvalue weighted by atomic mass is 10.0. The second kappa shape index (κ2) is 22.2. The van der Waals surface area contributed by atoms with E-state index in [0.29, 0.717) is 13.1 Å². The first kappa shape index (κ1) is 49.1. The minimum absolute atomic E-state index is 0. The Morgan fingerprint density at radius 1 is 0.860 bits per heavy atom. The maximum atomic E-state index is 13.5. The van der Waals surface area contributed by atoms with Gasteiger partial charge in [0, 0.05) is 31.1 Å². The molecule has 0 unspecified atom stereocenters. The molecule has 4 atom stereocenters. The summed E-state index contributed by atoms with van der Waals surface area (Å²) in [5, 5.41) is 2.82. The van der Waals surface area contributed by atoms with Crippen molar-refractivity contribution in [3.63, 3.8) is 0 Å². The summed E-state index contributed by atoms with van der Waals surface area (Å²) in [6.45, 7) is 10.5. The SMILES string of the molecule is COOC=N[C@H](C(=O)N1CCC[C@H]1c1nc2ccc(C#Cc3ccc(-c4cnc([C@@H]5CCCN5C(=O)[C@@H](NC(C)=O)C(C)C)[nH]4)cc3)cc2[nH]1)C(C)C.S.S.S.S. The van der Waals surface area contributed by atoms with Crippen molar-refractivity contribution in [2.45, 2.75) is 84.5 Å². The molecule has 17 heteroatoms. The van der Waals surface area contributed by atoms with Crippen LogP contribution >= 0.6 is 54.0 Å². The van der Waals surface area contributed by atoms with E-state index in [-0.39, 0.29) is 95.6 Å². The summed E-state index contributed by atoms with van der Waals surface area (Å²) in [5.74, 6) is 7.64. The lowest BCUT2D eigenvalue weighted by Crippen LogP contribution is -2.50. The molecule has 0 aliphatic carbocycles. The molecule has 4 aromatic rings. The topological polar surface area (TPSA) is 158 Å². The number of carbonyl (C=O) groups excluding carboxylic acids is 3. The fourth-order valence-corrected chi connectivity index (χ4v) is 7.16. The van der Waals surface area contributed by atoms with Crippen LogP contribution in [0.3, 0.4) is 0 Å². The van der Waals surface area contributed by atoms with Gasteiger partial charge in [-0.2, -0.15) is 58.9 Å². The van der Waals surface area contributed by atoms with E-state index in [4.69, 9.17) is 9.87 Å². The van der Waals surface area contributed by atoms with E-state index in [2.05, 4.69) is 42.0 Å². The van der Waals surface area contributed by atoms with Crippen LogP contribution in [0, 0.1) is 23.7 Å². The molecule has 0 spiro atoms. The standard InChI is InChI=1S/C40H48N8O5.4H2S/c1-24(2)35(42-23-53-52-6)39(50)48-20-8-10-34(48)38-44-30-18-15-28(21-31(30)45-38)12-11-27-13-16-29(17-14-27)32-22-41-37(46-32)33-9-7-19-47(33)40(51)36(25(3)4)43-26(5)49;;;;/h13-18,21-25,33-36H,7-10,19-20H2,1-6H3,(H,41,46)(H,43,49)(H,44,45);4*1H2/t33-,34-,35-,36-;;;;/m0..../s1. The lowest BCUT2D eigenvalue weighted by molar-refractivity contribution is -0.188. The zero-order valence-corrected chi connectivity index (χ0v) is 37.2. The lowest BCUT2D eigenvalue weighted by Gasteiger charge is -2.30. The third kappa shape index (κ3) is 11.5. The van der Waals surface area contributed by atoms with Crippen LogP contribution in [0.2, 0.25) is 0 Å². The van der Waals surface area contributed by atoms with Crippen molar-refractivity contribution in [1.82, 2.24) is 35.1 Å². The first-order chi connectivity index (χ1) is 25.5. The molecule has 2 aliphatic heterocycles. The van der Waals surface area contributed by atoms with Crippen molar-refractivity contribution in [2.24, 2.45) is 16.8 Å². The van der Waals surface area contributed by atoms with Gasteiger partial charge in [-0.1, -0.05) is 51.7 Å². The van der Waals surface area contributed by atoms with Crippen LogP contribution in [0.1, 0.15) is 95.2 Å². The number of imidazole rings is 2. The second-order valence-electron chi connectivity index (χ2n) is 14.4. The number of aromatic amines is 2. The summed E-state index contributed by atoms with van der Waals surface area (Å²) in [6, 6.07) is 12.4. The summed E-state index contributed by atoms with van der Waals surface area (Å²) in [6.07, 6.45) is 6.36. The fourth-order valence-electron chi connectivity index (χ4n) is 7.16. The number of nitrogens with zero attached hydrogens (tertiary/aromatic N) is 5. The van der Waals surface area contributed by atoms with Gasteiger partial charge in [0.05, 0.1) is 42.1 Å². The molecule has 2 aliphatic rings. The number of benzene rings is 2. The highest BCUT2D eigenvalue weighted by atomic mass is 32.1. The Morgan fingerprint density at radius 3 is 2.09 bits per heavy atom. The first-order valence-electron chi connectivity index (χ1n) is 18.3. The number of amides is 3. The van der Waals surface area contributed by atoms with E-state index in [1.165, 1.54) is 20.4 Å². The maximum absolute atomic E-state index is 13.5.